The Labute approximate surface area is 182 Å². The van der Waals surface area contributed by atoms with Crippen LogP contribution >= 0.6 is 0 Å². The largest absolute Gasteiger partial charge is 0.632 e. The number of hydrogen-bond acceptors (Lipinski definition) is 6. The van der Waals surface area contributed by atoms with Gasteiger partial charge in [0.25, 0.3) is 5.91 Å². The number of piperazine rings is 1. The molecule has 2 amide bonds. The lowest BCUT2D eigenvalue weighted by Crippen LogP contribution is -2.60. The summed E-state index contributed by atoms with van der Waals surface area (Å²) in [6.45, 7) is 2.56. The highest BCUT2D eigenvalue weighted by Crippen LogP contribution is 2.38. The fraction of sp³-hybridized carbons (Fsp3) is 0.545. The van der Waals surface area contributed by atoms with Crippen molar-refractivity contribution in [2.24, 2.45) is 0 Å². The van der Waals surface area contributed by atoms with Crippen LogP contribution in [0.15, 0.2) is 18.2 Å². The summed E-state index contributed by atoms with van der Waals surface area (Å²) in [5, 5.41) is 12.9. The molecule has 0 bridgehead atoms. The number of carbonyl (C=O) groups excluding carboxylic acids is 2. The van der Waals surface area contributed by atoms with Gasteiger partial charge in [0.2, 0.25) is 11.7 Å². The maximum atomic E-state index is 12.9. The molecule has 9 nitrogen and oxygen atoms in total. The number of benzene rings is 1. The average molecular weight is 434 g/mol. The Balaban J connectivity index is 1.58. The number of quaternary nitrogens is 1. The molecule has 0 spiro atoms. The minimum Gasteiger partial charge on any atom is -0.632 e. The number of nitrogens with zero attached hydrogens (tertiary/aromatic N) is 3. The number of likely N-dealkylation sites (tertiary alicyclic amines) is 1. The summed E-state index contributed by atoms with van der Waals surface area (Å²) in [5.41, 5.74) is 0.727. The molecular weight excluding hydrogens is 402 g/mol. The second kappa shape index (κ2) is 10.0. The molecule has 0 N–H and O–H groups in total. The predicted molar refractivity (Wildman–Crippen MR) is 116 cm³/mol. The van der Waals surface area contributed by atoms with Gasteiger partial charge in [0.05, 0.1) is 47.5 Å². The number of carbonyl (C=O) groups is 2. The summed E-state index contributed by atoms with van der Waals surface area (Å²) in [5.74, 6) is 1.24. The van der Waals surface area contributed by atoms with E-state index in [1.807, 2.05) is 0 Å². The van der Waals surface area contributed by atoms with Gasteiger partial charge in [-0.05, 0) is 36.6 Å². The molecule has 31 heavy (non-hydrogen) atoms. The molecule has 2 heterocycles. The van der Waals surface area contributed by atoms with E-state index in [1.54, 1.807) is 28.0 Å². The molecular formula is C22H31N3O6. The molecule has 0 saturated carbocycles. The first kappa shape index (κ1) is 22.9. The van der Waals surface area contributed by atoms with Crippen LogP contribution in [0.4, 0.5) is 0 Å². The molecule has 0 aliphatic carbocycles. The van der Waals surface area contributed by atoms with Crippen molar-refractivity contribution >= 4 is 17.9 Å². The van der Waals surface area contributed by atoms with E-state index < -0.39 is 4.65 Å². The Morgan fingerprint density at radius 3 is 2.06 bits per heavy atom. The van der Waals surface area contributed by atoms with Crippen LogP contribution in [-0.2, 0) is 9.59 Å². The molecule has 2 aliphatic rings. The zero-order chi connectivity index (χ0) is 22.4. The Bertz CT molecular complexity index is 802. The standard InChI is InChI=1S/C22H31N3O6/c1-29-18-14-17(15-19(30-2)22(18)31-3)6-7-20(26)24-10-12-25(28,13-11-24)16-21(27)23-8-4-5-9-23/h6-7,14-15H,4-5,8-13,16H2,1-3H3/b7-6+. The van der Waals surface area contributed by atoms with Crippen molar-refractivity contribution in [3.63, 3.8) is 0 Å². The van der Waals surface area contributed by atoms with Crippen molar-refractivity contribution in [2.75, 3.05) is 67.1 Å². The van der Waals surface area contributed by atoms with Crippen molar-refractivity contribution < 1.29 is 28.4 Å². The first-order chi connectivity index (χ1) is 14.9. The number of hydrogen-bond donors (Lipinski definition) is 0. The lowest BCUT2D eigenvalue weighted by atomic mass is 10.1. The monoisotopic (exact) mass is 433 g/mol. The summed E-state index contributed by atoms with van der Waals surface area (Å²) >= 11 is 0. The number of ether oxygens (including phenoxy) is 3. The van der Waals surface area contributed by atoms with Crippen LogP contribution in [0.2, 0.25) is 0 Å². The summed E-state index contributed by atoms with van der Waals surface area (Å²) < 4.78 is 15.4. The van der Waals surface area contributed by atoms with Crippen LogP contribution in [0.3, 0.4) is 0 Å². The maximum Gasteiger partial charge on any atom is 0.278 e. The minimum absolute atomic E-state index is 0.0384. The number of amides is 2. The lowest BCUT2D eigenvalue weighted by molar-refractivity contribution is -0.877. The number of rotatable bonds is 7. The van der Waals surface area contributed by atoms with Gasteiger partial charge in [0.1, 0.15) is 0 Å². The van der Waals surface area contributed by atoms with Gasteiger partial charge in [-0.1, -0.05) is 0 Å². The smallest absolute Gasteiger partial charge is 0.278 e. The van der Waals surface area contributed by atoms with Gasteiger partial charge < -0.3 is 33.9 Å². The molecule has 1 aromatic carbocycles. The van der Waals surface area contributed by atoms with Crippen molar-refractivity contribution in [1.29, 1.82) is 0 Å². The summed E-state index contributed by atoms with van der Waals surface area (Å²) in [6, 6.07) is 3.51. The van der Waals surface area contributed by atoms with Gasteiger partial charge in [-0.2, -0.15) is 0 Å². The molecule has 1 aromatic rings. The van der Waals surface area contributed by atoms with Gasteiger partial charge in [-0.15, -0.1) is 0 Å². The molecule has 2 fully saturated rings. The number of methoxy groups -OCH3 is 3. The van der Waals surface area contributed by atoms with E-state index in [9.17, 15) is 14.8 Å². The topological polar surface area (TPSA) is 91.4 Å². The molecule has 9 heteroatoms. The Morgan fingerprint density at radius 1 is 0.968 bits per heavy atom. The van der Waals surface area contributed by atoms with Crippen molar-refractivity contribution in [2.45, 2.75) is 12.8 Å². The van der Waals surface area contributed by atoms with E-state index in [0.29, 0.717) is 30.3 Å². The first-order valence-corrected chi connectivity index (χ1v) is 10.5. The second-order valence-corrected chi connectivity index (χ2v) is 7.87. The Kier molecular flexibility index (Phi) is 7.40. The van der Waals surface area contributed by atoms with Crippen LogP contribution in [-0.4, -0.2) is 93.4 Å². The number of hydroxylamine groups is 3. The molecule has 0 aromatic heterocycles. The second-order valence-electron chi connectivity index (χ2n) is 7.87. The van der Waals surface area contributed by atoms with Crippen LogP contribution in [0, 0.1) is 5.21 Å². The van der Waals surface area contributed by atoms with Gasteiger partial charge in [-0.3, -0.25) is 9.59 Å². The van der Waals surface area contributed by atoms with E-state index in [-0.39, 0.29) is 31.4 Å². The summed E-state index contributed by atoms with van der Waals surface area (Å²) in [6.07, 6.45) is 5.16. The van der Waals surface area contributed by atoms with E-state index in [0.717, 1.165) is 31.5 Å². The Morgan fingerprint density at radius 2 is 1.55 bits per heavy atom. The van der Waals surface area contributed by atoms with E-state index in [4.69, 9.17) is 14.2 Å². The summed E-state index contributed by atoms with van der Waals surface area (Å²) in [4.78, 5) is 28.4. The van der Waals surface area contributed by atoms with E-state index >= 15 is 0 Å². The van der Waals surface area contributed by atoms with Crippen molar-refractivity contribution in [3.05, 3.63) is 29.0 Å². The van der Waals surface area contributed by atoms with Crippen LogP contribution in [0.25, 0.3) is 6.08 Å². The molecule has 0 radical (unpaired) electrons. The van der Waals surface area contributed by atoms with Crippen molar-refractivity contribution in [3.8, 4) is 17.2 Å². The average Bonchev–Trinajstić information content (AvgIpc) is 3.32. The molecule has 170 valence electrons. The molecule has 2 saturated heterocycles. The maximum absolute atomic E-state index is 12.9. The van der Waals surface area contributed by atoms with Gasteiger partial charge in [0.15, 0.2) is 18.0 Å². The quantitative estimate of drug-likeness (QED) is 0.368. The normalized spacial score (nSPS) is 18.3. The third-order valence-corrected chi connectivity index (χ3v) is 5.85. The third kappa shape index (κ3) is 5.48. The molecule has 0 atom stereocenters. The molecule has 0 unspecified atom stereocenters. The third-order valence-electron chi connectivity index (χ3n) is 5.85. The van der Waals surface area contributed by atoms with E-state index in [2.05, 4.69) is 0 Å². The van der Waals surface area contributed by atoms with Crippen molar-refractivity contribution in [1.82, 2.24) is 9.80 Å². The Hall–Kier alpha value is -2.78. The highest BCUT2D eigenvalue weighted by molar-refractivity contribution is 5.92. The highest BCUT2D eigenvalue weighted by atomic mass is 16.5. The van der Waals surface area contributed by atoms with Gasteiger partial charge in [0, 0.05) is 19.2 Å². The minimum atomic E-state index is -0.560. The van der Waals surface area contributed by atoms with Gasteiger partial charge >= 0.3 is 0 Å². The molecule has 3 rings (SSSR count). The van der Waals surface area contributed by atoms with Crippen LogP contribution < -0.4 is 14.2 Å². The first-order valence-electron chi connectivity index (χ1n) is 10.5. The van der Waals surface area contributed by atoms with Crippen LogP contribution in [0.5, 0.6) is 17.2 Å². The van der Waals surface area contributed by atoms with Crippen LogP contribution in [0.1, 0.15) is 18.4 Å². The predicted octanol–water partition coefficient (Wildman–Crippen LogP) is 1.50. The fourth-order valence-corrected chi connectivity index (χ4v) is 3.99. The fourth-order valence-electron chi connectivity index (χ4n) is 3.99. The molecule has 2 aliphatic heterocycles. The SMILES string of the molecule is COc1cc(/C=C/C(=O)N2CC[N+]([O-])(CC(=O)N3CCCC3)CC2)cc(OC)c1OC. The highest BCUT2D eigenvalue weighted by Gasteiger charge is 2.31. The zero-order valence-corrected chi connectivity index (χ0v) is 18.5. The lowest BCUT2D eigenvalue weighted by Gasteiger charge is -2.47. The van der Waals surface area contributed by atoms with E-state index in [1.165, 1.54) is 27.4 Å². The summed E-state index contributed by atoms with van der Waals surface area (Å²) in [7, 11) is 4.60. The van der Waals surface area contributed by atoms with Gasteiger partial charge in [-0.25, -0.2) is 0 Å². The zero-order valence-electron chi connectivity index (χ0n) is 18.5.